The van der Waals surface area contributed by atoms with Crippen LogP contribution in [0.15, 0.2) is 16.6 Å². The third kappa shape index (κ3) is 3.73. The third-order valence-electron chi connectivity index (χ3n) is 3.58. The van der Waals surface area contributed by atoms with E-state index in [9.17, 15) is 13.6 Å². The van der Waals surface area contributed by atoms with Gasteiger partial charge in [0.1, 0.15) is 17.2 Å². The largest absolute Gasteiger partial charge is 0.349 e. The van der Waals surface area contributed by atoms with Crippen LogP contribution < -0.4 is 5.32 Å². The molecule has 0 atom stereocenters. The molecule has 1 amide bonds. The molecular weight excluding hydrogens is 348 g/mol. The number of thioether (sulfide) groups is 1. The molecular formula is C14H16BrF2NOS. The quantitative estimate of drug-likeness (QED) is 0.874. The molecule has 1 N–H and O–H groups in total. The minimum absolute atomic E-state index is 0.00773. The molecule has 1 aromatic rings. The Hall–Kier alpha value is -0.620. The Morgan fingerprint density at radius 3 is 2.30 bits per heavy atom. The first-order valence-electron chi connectivity index (χ1n) is 6.49. The number of halogens is 3. The Morgan fingerprint density at radius 2 is 1.80 bits per heavy atom. The Kier molecular flexibility index (Phi) is 5.43. The molecule has 2 rings (SSSR count). The number of hydrogen-bond donors (Lipinski definition) is 1. The second-order valence-corrected chi connectivity index (χ2v) is 6.98. The number of carbonyl (C=O) groups excluding carboxylic acids is 1. The summed E-state index contributed by atoms with van der Waals surface area (Å²) in [4.78, 5) is 12.0. The smallest absolute Gasteiger partial charge is 0.257 e. The summed E-state index contributed by atoms with van der Waals surface area (Å²) < 4.78 is 27.7. The molecule has 1 aliphatic rings. The summed E-state index contributed by atoms with van der Waals surface area (Å²) >= 11 is 4.83. The molecule has 0 spiro atoms. The van der Waals surface area contributed by atoms with Gasteiger partial charge >= 0.3 is 0 Å². The van der Waals surface area contributed by atoms with Crippen LogP contribution in [0.2, 0.25) is 0 Å². The van der Waals surface area contributed by atoms with Crippen molar-refractivity contribution in [3.05, 3.63) is 33.8 Å². The molecule has 0 heterocycles. The van der Waals surface area contributed by atoms with Crippen LogP contribution in [-0.2, 0) is 0 Å². The van der Waals surface area contributed by atoms with Crippen molar-refractivity contribution >= 4 is 33.6 Å². The first-order valence-corrected chi connectivity index (χ1v) is 8.57. The summed E-state index contributed by atoms with van der Waals surface area (Å²) in [5, 5.41) is 3.37. The lowest BCUT2D eigenvalue weighted by molar-refractivity contribution is 0.0919. The topological polar surface area (TPSA) is 29.1 Å². The van der Waals surface area contributed by atoms with Crippen LogP contribution in [0.1, 0.15) is 36.0 Å². The van der Waals surface area contributed by atoms with E-state index < -0.39 is 23.1 Å². The average Bonchev–Trinajstić information content (AvgIpc) is 2.38. The van der Waals surface area contributed by atoms with E-state index in [0.29, 0.717) is 5.25 Å². The van der Waals surface area contributed by atoms with Crippen LogP contribution in [0.25, 0.3) is 0 Å². The fraction of sp³-hybridized carbons (Fsp3) is 0.500. The number of hydrogen-bond acceptors (Lipinski definition) is 2. The number of benzene rings is 1. The first kappa shape index (κ1) is 15.8. The maximum atomic E-state index is 13.7. The minimum Gasteiger partial charge on any atom is -0.349 e. The van der Waals surface area contributed by atoms with Crippen LogP contribution in [-0.4, -0.2) is 23.5 Å². The van der Waals surface area contributed by atoms with Gasteiger partial charge in [-0.15, -0.1) is 0 Å². The highest BCUT2D eigenvalue weighted by Gasteiger charge is 2.25. The molecule has 0 unspecified atom stereocenters. The zero-order valence-corrected chi connectivity index (χ0v) is 13.5. The summed E-state index contributed by atoms with van der Waals surface area (Å²) in [7, 11) is 0. The Balaban J connectivity index is 2.03. The molecule has 1 aromatic carbocycles. The molecule has 20 heavy (non-hydrogen) atoms. The molecule has 0 aromatic heterocycles. The van der Waals surface area contributed by atoms with Gasteiger partial charge in [0.15, 0.2) is 0 Å². The van der Waals surface area contributed by atoms with Crippen molar-refractivity contribution in [2.45, 2.75) is 37.0 Å². The molecule has 1 saturated carbocycles. The third-order valence-corrected chi connectivity index (χ3v) is 5.17. The minimum atomic E-state index is -0.841. The van der Waals surface area contributed by atoms with Gasteiger partial charge in [0.05, 0.1) is 0 Å². The van der Waals surface area contributed by atoms with E-state index >= 15 is 0 Å². The van der Waals surface area contributed by atoms with Crippen molar-refractivity contribution in [1.82, 2.24) is 5.32 Å². The van der Waals surface area contributed by atoms with Crippen molar-refractivity contribution in [1.29, 1.82) is 0 Å². The Morgan fingerprint density at radius 1 is 1.25 bits per heavy atom. The van der Waals surface area contributed by atoms with Gasteiger partial charge in [0.25, 0.3) is 5.91 Å². The van der Waals surface area contributed by atoms with Crippen LogP contribution in [0.5, 0.6) is 0 Å². The van der Waals surface area contributed by atoms with E-state index in [1.807, 2.05) is 11.8 Å². The van der Waals surface area contributed by atoms with Crippen molar-refractivity contribution in [3.8, 4) is 0 Å². The standard InChI is InChI=1S/C14H16BrF2NOS/c1-20-10-4-2-9(3-5-10)18-14(19)13-11(16)6-8(15)7-12(13)17/h6-7,9-10H,2-5H2,1H3,(H,18,19). The van der Waals surface area contributed by atoms with Crippen molar-refractivity contribution in [2.75, 3.05) is 6.26 Å². The molecule has 0 bridgehead atoms. The van der Waals surface area contributed by atoms with E-state index in [4.69, 9.17) is 0 Å². The molecule has 0 aliphatic heterocycles. The summed E-state index contributed by atoms with van der Waals surface area (Å²) in [5.41, 5.74) is -0.500. The van der Waals surface area contributed by atoms with Gasteiger partial charge in [-0.05, 0) is 44.1 Å². The van der Waals surface area contributed by atoms with E-state index in [-0.39, 0.29) is 10.5 Å². The molecule has 6 heteroatoms. The van der Waals surface area contributed by atoms with Crippen molar-refractivity contribution in [2.24, 2.45) is 0 Å². The predicted octanol–water partition coefficient (Wildman–Crippen LogP) is 4.13. The summed E-state index contributed by atoms with van der Waals surface area (Å²) in [6.07, 6.45) is 5.85. The van der Waals surface area contributed by atoms with Gasteiger partial charge in [-0.25, -0.2) is 8.78 Å². The zero-order chi connectivity index (χ0) is 14.7. The van der Waals surface area contributed by atoms with Crippen LogP contribution in [0.4, 0.5) is 8.78 Å². The number of nitrogens with one attached hydrogen (secondary N) is 1. The number of amides is 1. The highest BCUT2D eigenvalue weighted by molar-refractivity contribution is 9.10. The van der Waals surface area contributed by atoms with E-state index in [1.165, 1.54) is 0 Å². The van der Waals surface area contributed by atoms with Gasteiger partial charge in [0.2, 0.25) is 0 Å². The number of rotatable bonds is 3. The molecule has 1 fully saturated rings. The van der Waals surface area contributed by atoms with Crippen LogP contribution in [0.3, 0.4) is 0 Å². The fourth-order valence-electron chi connectivity index (χ4n) is 2.46. The normalized spacial score (nSPS) is 22.6. The lowest BCUT2D eigenvalue weighted by Gasteiger charge is -2.28. The van der Waals surface area contributed by atoms with Crippen molar-refractivity contribution in [3.63, 3.8) is 0 Å². The van der Waals surface area contributed by atoms with Gasteiger partial charge < -0.3 is 5.32 Å². The summed E-state index contributed by atoms with van der Waals surface area (Å²) in [5.74, 6) is -2.35. The number of carbonyl (C=O) groups is 1. The van der Waals surface area contributed by atoms with Crippen LogP contribution in [0, 0.1) is 11.6 Å². The zero-order valence-electron chi connectivity index (χ0n) is 11.1. The Bertz CT molecular complexity index is 481. The summed E-state index contributed by atoms with van der Waals surface area (Å²) in [6.45, 7) is 0. The lowest BCUT2D eigenvalue weighted by Crippen LogP contribution is -2.38. The second-order valence-electron chi connectivity index (χ2n) is 4.93. The lowest BCUT2D eigenvalue weighted by atomic mass is 9.94. The highest BCUT2D eigenvalue weighted by Crippen LogP contribution is 2.27. The maximum absolute atomic E-state index is 13.7. The maximum Gasteiger partial charge on any atom is 0.257 e. The van der Waals surface area contributed by atoms with Crippen molar-refractivity contribution < 1.29 is 13.6 Å². The molecule has 1 aliphatic carbocycles. The molecule has 0 saturated heterocycles. The van der Waals surface area contributed by atoms with E-state index in [2.05, 4.69) is 27.5 Å². The second kappa shape index (κ2) is 6.89. The first-order chi connectivity index (χ1) is 9.51. The van der Waals surface area contributed by atoms with Crippen LogP contribution >= 0.6 is 27.7 Å². The predicted molar refractivity (Wildman–Crippen MR) is 81.1 cm³/mol. The SMILES string of the molecule is CSC1CCC(NC(=O)c2c(F)cc(Br)cc2F)CC1. The summed E-state index contributed by atoms with van der Waals surface area (Å²) in [6, 6.07) is 2.21. The van der Waals surface area contributed by atoms with E-state index in [0.717, 1.165) is 37.8 Å². The molecule has 2 nitrogen and oxygen atoms in total. The van der Waals surface area contributed by atoms with Gasteiger partial charge in [0, 0.05) is 15.8 Å². The van der Waals surface area contributed by atoms with Gasteiger partial charge in [-0.1, -0.05) is 15.9 Å². The fourth-order valence-corrected chi connectivity index (χ4v) is 3.61. The van der Waals surface area contributed by atoms with Gasteiger partial charge in [-0.3, -0.25) is 4.79 Å². The average molecular weight is 364 g/mol. The Labute approximate surface area is 129 Å². The molecule has 0 radical (unpaired) electrons. The van der Waals surface area contributed by atoms with Gasteiger partial charge in [-0.2, -0.15) is 11.8 Å². The van der Waals surface area contributed by atoms with E-state index in [1.54, 1.807) is 0 Å². The highest BCUT2D eigenvalue weighted by atomic mass is 79.9. The monoisotopic (exact) mass is 363 g/mol. The molecule has 110 valence electrons.